The van der Waals surface area contributed by atoms with Crippen LogP contribution in [0.2, 0.25) is 0 Å². The van der Waals surface area contributed by atoms with Gasteiger partial charge in [0.25, 0.3) is 0 Å². The summed E-state index contributed by atoms with van der Waals surface area (Å²) in [6, 6.07) is 7.75. The van der Waals surface area contributed by atoms with E-state index in [1.165, 1.54) is 0 Å². The Kier molecular flexibility index (Phi) is 6.82. The van der Waals surface area contributed by atoms with E-state index in [4.69, 9.17) is 4.74 Å². The summed E-state index contributed by atoms with van der Waals surface area (Å²) in [4.78, 5) is 19.4. The summed E-state index contributed by atoms with van der Waals surface area (Å²) >= 11 is 0. The molecule has 1 atom stereocenters. The van der Waals surface area contributed by atoms with Gasteiger partial charge in [-0.15, -0.1) is 6.58 Å². The van der Waals surface area contributed by atoms with Gasteiger partial charge in [0.15, 0.2) is 0 Å². The molecule has 1 fully saturated rings. The Morgan fingerprint density at radius 2 is 2.08 bits per heavy atom. The predicted molar refractivity (Wildman–Crippen MR) is 97.1 cm³/mol. The Morgan fingerprint density at radius 1 is 1.38 bits per heavy atom. The summed E-state index contributed by atoms with van der Waals surface area (Å²) in [6.07, 6.45) is 1.79. The van der Waals surface area contributed by atoms with E-state index in [1.807, 2.05) is 36.1 Å². The number of amides is 1. The van der Waals surface area contributed by atoms with Gasteiger partial charge in [-0.05, 0) is 31.7 Å². The lowest BCUT2D eigenvalue weighted by molar-refractivity contribution is -0.137. The van der Waals surface area contributed by atoms with Crippen LogP contribution in [0.4, 0.5) is 0 Å². The molecule has 5 nitrogen and oxygen atoms in total. The molecule has 0 aromatic heterocycles. The number of nitrogens with zero attached hydrogens (tertiary/aromatic N) is 3. The number of benzene rings is 1. The number of piperazine rings is 1. The molecule has 0 N–H and O–H groups in total. The summed E-state index contributed by atoms with van der Waals surface area (Å²) in [6.45, 7) is 10.8. The Bertz CT molecular complexity index is 553. The summed E-state index contributed by atoms with van der Waals surface area (Å²) in [5, 5.41) is 0. The van der Waals surface area contributed by atoms with Gasteiger partial charge >= 0.3 is 0 Å². The highest BCUT2D eigenvalue weighted by molar-refractivity contribution is 5.81. The first kappa shape index (κ1) is 18.5. The molecule has 1 amide bonds. The van der Waals surface area contributed by atoms with Crippen molar-refractivity contribution >= 4 is 5.91 Å². The first-order valence-electron chi connectivity index (χ1n) is 8.50. The third-order valence-electron chi connectivity index (χ3n) is 4.61. The first-order chi connectivity index (χ1) is 11.5. The number of methoxy groups -OCH3 is 1. The topological polar surface area (TPSA) is 36.0 Å². The highest BCUT2D eigenvalue weighted by atomic mass is 16.5. The third kappa shape index (κ3) is 4.82. The molecule has 132 valence electrons. The standard InChI is InChI=1S/C19H29N3O2/c1-5-9-22(15-17-7-6-8-18(14-17)24-4)19(23)16(2)21-12-10-20(3)11-13-21/h5-8,14,16H,1,9-13,15H2,2-4H3/t16-/m0/s1. The molecule has 0 unspecified atom stereocenters. The summed E-state index contributed by atoms with van der Waals surface area (Å²) in [5.74, 6) is 0.966. The van der Waals surface area contributed by atoms with Crippen LogP contribution in [0.1, 0.15) is 12.5 Å². The molecule has 1 aromatic carbocycles. The maximum Gasteiger partial charge on any atom is 0.240 e. The number of carbonyl (C=O) groups excluding carboxylic acids is 1. The maximum absolute atomic E-state index is 13.0. The Hall–Kier alpha value is -1.85. The van der Waals surface area contributed by atoms with E-state index >= 15 is 0 Å². The van der Waals surface area contributed by atoms with Crippen LogP contribution >= 0.6 is 0 Å². The van der Waals surface area contributed by atoms with Crippen molar-refractivity contribution in [3.8, 4) is 5.75 Å². The van der Waals surface area contributed by atoms with E-state index in [-0.39, 0.29) is 11.9 Å². The zero-order valence-electron chi connectivity index (χ0n) is 15.1. The summed E-state index contributed by atoms with van der Waals surface area (Å²) < 4.78 is 5.27. The van der Waals surface area contributed by atoms with Gasteiger partial charge in [0.2, 0.25) is 5.91 Å². The number of ether oxygens (including phenoxy) is 1. The van der Waals surface area contributed by atoms with Crippen molar-refractivity contribution in [3.63, 3.8) is 0 Å². The third-order valence-corrected chi connectivity index (χ3v) is 4.61. The molecular formula is C19H29N3O2. The second kappa shape index (κ2) is 8.85. The largest absolute Gasteiger partial charge is 0.497 e. The van der Waals surface area contributed by atoms with Gasteiger partial charge < -0.3 is 14.5 Å². The molecule has 1 aliphatic rings. The predicted octanol–water partition coefficient (Wildman–Crippen LogP) is 1.85. The molecule has 0 spiro atoms. The van der Waals surface area contributed by atoms with Gasteiger partial charge in [-0.1, -0.05) is 18.2 Å². The van der Waals surface area contributed by atoms with Gasteiger partial charge in [-0.2, -0.15) is 0 Å². The van der Waals surface area contributed by atoms with Crippen molar-refractivity contribution in [1.82, 2.24) is 14.7 Å². The van der Waals surface area contributed by atoms with Crippen LogP contribution < -0.4 is 4.74 Å². The molecule has 0 bridgehead atoms. The van der Waals surface area contributed by atoms with Crippen LogP contribution in [-0.2, 0) is 11.3 Å². The van der Waals surface area contributed by atoms with Crippen molar-refractivity contribution in [2.75, 3.05) is 46.9 Å². The smallest absolute Gasteiger partial charge is 0.240 e. The van der Waals surface area contributed by atoms with Crippen LogP contribution in [0.3, 0.4) is 0 Å². The molecule has 1 saturated heterocycles. The average Bonchev–Trinajstić information content (AvgIpc) is 2.61. The van der Waals surface area contributed by atoms with E-state index in [9.17, 15) is 4.79 Å². The Labute approximate surface area is 145 Å². The Morgan fingerprint density at radius 3 is 2.71 bits per heavy atom. The number of carbonyl (C=O) groups is 1. The Balaban J connectivity index is 2.04. The second-order valence-corrected chi connectivity index (χ2v) is 6.37. The zero-order chi connectivity index (χ0) is 17.5. The second-order valence-electron chi connectivity index (χ2n) is 6.37. The van der Waals surface area contributed by atoms with Gasteiger partial charge in [0.1, 0.15) is 5.75 Å². The van der Waals surface area contributed by atoms with Gasteiger partial charge in [-0.3, -0.25) is 9.69 Å². The fraction of sp³-hybridized carbons (Fsp3) is 0.526. The molecular weight excluding hydrogens is 302 g/mol. The van der Waals surface area contributed by atoms with Crippen LogP contribution in [0.5, 0.6) is 5.75 Å². The monoisotopic (exact) mass is 331 g/mol. The summed E-state index contributed by atoms with van der Waals surface area (Å²) in [5.41, 5.74) is 1.06. The number of rotatable bonds is 7. The van der Waals surface area contributed by atoms with Crippen molar-refractivity contribution in [3.05, 3.63) is 42.5 Å². The highest BCUT2D eigenvalue weighted by Crippen LogP contribution is 2.16. The quantitative estimate of drug-likeness (QED) is 0.715. The van der Waals surface area contributed by atoms with Crippen molar-refractivity contribution < 1.29 is 9.53 Å². The lowest BCUT2D eigenvalue weighted by Crippen LogP contribution is -2.53. The summed E-state index contributed by atoms with van der Waals surface area (Å²) in [7, 11) is 3.78. The molecule has 0 saturated carbocycles. The normalized spacial score (nSPS) is 17.3. The molecule has 5 heteroatoms. The number of likely N-dealkylation sites (N-methyl/N-ethyl adjacent to an activating group) is 1. The fourth-order valence-corrected chi connectivity index (χ4v) is 3.01. The van der Waals surface area contributed by atoms with Gasteiger partial charge in [-0.25, -0.2) is 0 Å². The average molecular weight is 331 g/mol. The lowest BCUT2D eigenvalue weighted by atomic mass is 10.1. The molecule has 24 heavy (non-hydrogen) atoms. The zero-order valence-corrected chi connectivity index (χ0v) is 15.1. The van der Waals surface area contributed by atoms with Crippen molar-refractivity contribution in [1.29, 1.82) is 0 Å². The molecule has 1 aliphatic heterocycles. The molecule has 2 rings (SSSR count). The SMILES string of the molecule is C=CCN(Cc1cccc(OC)c1)C(=O)[C@H](C)N1CCN(C)CC1. The molecule has 1 heterocycles. The van der Waals surface area contributed by atoms with E-state index in [1.54, 1.807) is 13.2 Å². The lowest BCUT2D eigenvalue weighted by Gasteiger charge is -2.37. The molecule has 1 aromatic rings. The minimum Gasteiger partial charge on any atom is -0.497 e. The van der Waals surface area contributed by atoms with E-state index in [2.05, 4.69) is 23.4 Å². The van der Waals surface area contributed by atoms with E-state index < -0.39 is 0 Å². The van der Waals surface area contributed by atoms with Gasteiger partial charge in [0, 0.05) is 39.3 Å². The van der Waals surface area contributed by atoms with Crippen molar-refractivity contribution in [2.45, 2.75) is 19.5 Å². The van der Waals surface area contributed by atoms with Crippen LogP contribution in [-0.4, -0.2) is 73.5 Å². The van der Waals surface area contributed by atoms with E-state index in [0.717, 1.165) is 37.5 Å². The maximum atomic E-state index is 13.0. The fourth-order valence-electron chi connectivity index (χ4n) is 3.01. The number of hydrogen-bond acceptors (Lipinski definition) is 4. The van der Waals surface area contributed by atoms with Crippen LogP contribution in [0.15, 0.2) is 36.9 Å². The van der Waals surface area contributed by atoms with Crippen LogP contribution in [0.25, 0.3) is 0 Å². The molecule has 0 aliphatic carbocycles. The van der Waals surface area contributed by atoms with Crippen molar-refractivity contribution in [2.24, 2.45) is 0 Å². The minimum absolute atomic E-state index is 0.107. The highest BCUT2D eigenvalue weighted by Gasteiger charge is 2.27. The van der Waals surface area contributed by atoms with E-state index in [0.29, 0.717) is 13.1 Å². The minimum atomic E-state index is -0.107. The van der Waals surface area contributed by atoms with Crippen LogP contribution in [0, 0.1) is 0 Å². The number of hydrogen-bond donors (Lipinski definition) is 0. The van der Waals surface area contributed by atoms with Gasteiger partial charge in [0.05, 0.1) is 13.2 Å². The molecule has 0 radical (unpaired) electrons. The first-order valence-corrected chi connectivity index (χ1v) is 8.50.